The molecule has 35 heavy (non-hydrogen) atoms. The quantitative estimate of drug-likeness (QED) is 0.272. The van der Waals surface area contributed by atoms with E-state index < -0.39 is 10.4 Å². The van der Waals surface area contributed by atoms with Crippen molar-refractivity contribution in [1.29, 1.82) is 0 Å². The molecule has 4 aliphatic carbocycles. The fourth-order valence-corrected chi connectivity index (χ4v) is 10.4. The topological polar surface area (TPSA) is 104 Å². The number of fused-ring (bicyclic) bond motifs is 5. The van der Waals surface area contributed by atoms with Gasteiger partial charge in [-0.1, -0.05) is 53.4 Å². The molecular weight excluding hydrogens is 464 g/mol. The predicted molar refractivity (Wildman–Crippen MR) is 137 cm³/mol. The maximum atomic E-state index is 11.8. The van der Waals surface area contributed by atoms with Crippen LogP contribution in [0.2, 0.25) is 0 Å². The molecule has 0 aliphatic heterocycles. The van der Waals surface area contributed by atoms with E-state index in [9.17, 15) is 18.6 Å². The summed E-state index contributed by atoms with van der Waals surface area (Å²) in [5.41, 5.74) is 0.532. The van der Waals surface area contributed by atoms with Gasteiger partial charge in [0.2, 0.25) is 0 Å². The molecule has 0 heterocycles. The molecule has 0 spiro atoms. The first-order valence-corrected chi connectivity index (χ1v) is 15.8. The van der Waals surface area contributed by atoms with E-state index in [1.54, 1.807) is 0 Å². The third-order valence-corrected chi connectivity index (χ3v) is 12.2. The highest BCUT2D eigenvalue weighted by atomic mass is 32.3. The Morgan fingerprint density at radius 1 is 0.943 bits per heavy atom. The molecular formula is C28H50O6S. The van der Waals surface area contributed by atoms with Crippen LogP contribution in [0.5, 0.6) is 0 Å². The molecule has 3 N–H and O–H groups in total. The lowest BCUT2D eigenvalue weighted by atomic mass is 9.41. The van der Waals surface area contributed by atoms with Gasteiger partial charge in [-0.25, -0.2) is 4.18 Å². The summed E-state index contributed by atoms with van der Waals surface area (Å²) in [5.74, 6) is 3.59. The summed E-state index contributed by atoms with van der Waals surface area (Å²) in [4.78, 5) is 0. The smallest absolute Gasteiger partial charge is 0.393 e. The molecule has 6 nitrogen and oxygen atoms in total. The van der Waals surface area contributed by atoms with Gasteiger partial charge >= 0.3 is 10.4 Å². The molecule has 4 unspecified atom stereocenters. The minimum atomic E-state index is -4.33. The van der Waals surface area contributed by atoms with Gasteiger partial charge in [-0.2, -0.15) is 8.42 Å². The number of hydrogen-bond acceptors (Lipinski definition) is 5. The molecule has 4 saturated carbocycles. The summed E-state index contributed by atoms with van der Waals surface area (Å²) in [6.45, 7) is 9.70. The maximum Gasteiger partial charge on any atom is 0.397 e. The van der Waals surface area contributed by atoms with Gasteiger partial charge < -0.3 is 10.2 Å². The largest absolute Gasteiger partial charge is 0.397 e. The van der Waals surface area contributed by atoms with Crippen molar-refractivity contribution in [2.75, 3.05) is 6.61 Å². The average molecular weight is 515 g/mol. The zero-order chi connectivity index (χ0) is 25.6. The van der Waals surface area contributed by atoms with Gasteiger partial charge in [-0.05, 0) is 104 Å². The van der Waals surface area contributed by atoms with Crippen molar-refractivity contribution in [2.24, 2.45) is 52.3 Å². The molecule has 4 fully saturated rings. The summed E-state index contributed by atoms with van der Waals surface area (Å²) >= 11 is 0. The van der Waals surface area contributed by atoms with Crippen LogP contribution < -0.4 is 0 Å². The van der Waals surface area contributed by atoms with Crippen LogP contribution in [0.3, 0.4) is 0 Å². The molecule has 4 aliphatic rings. The van der Waals surface area contributed by atoms with Gasteiger partial charge in [0.15, 0.2) is 0 Å². The van der Waals surface area contributed by atoms with Crippen LogP contribution in [-0.4, -0.2) is 42.0 Å². The van der Waals surface area contributed by atoms with Crippen molar-refractivity contribution in [2.45, 2.75) is 117 Å². The Morgan fingerprint density at radius 3 is 2.31 bits per heavy atom. The molecule has 0 aromatic rings. The highest BCUT2D eigenvalue weighted by molar-refractivity contribution is 7.80. The summed E-state index contributed by atoms with van der Waals surface area (Å²) < 4.78 is 34.5. The van der Waals surface area contributed by atoms with Crippen LogP contribution in [-0.2, 0) is 14.6 Å². The molecule has 0 amide bonds. The number of unbranched alkanes of at least 4 members (excludes halogenated alkanes) is 2. The maximum absolute atomic E-state index is 11.8. The Morgan fingerprint density at radius 2 is 1.63 bits per heavy atom. The number of rotatable bonds is 9. The predicted octanol–water partition coefficient (Wildman–Crippen LogP) is 5.63. The summed E-state index contributed by atoms with van der Waals surface area (Å²) in [6, 6.07) is 0. The van der Waals surface area contributed by atoms with Crippen molar-refractivity contribution in [3.8, 4) is 0 Å². The molecule has 0 bridgehead atoms. The van der Waals surface area contributed by atoms with Crippen LogP contribution >= 0.6 is 0 Å². The Kier molecular flexibility index (Phi) is 8.35. The van der Waals surface area contributed by atoms with Gasteiger partial charge in [0.25, 0.3) is 0 Å². The van der Waals surface area contributed by atoms with E-state index in [0.717, 1.165) is 44.9 Å². The lowest BCUT2D eigenvalue weighted by Gasteiger charge is -2.64. The van der Waals surface area contributed by atoms with Gasteiger partial charge in [0.05, 0.1) is 18.8 Å². The average Bonchev–Trinajstić information content (AvgIpc) is 3.14. The van der Waals surface area contributed by atoms with E-state index in [2.05, 4.69) is 31.9 Å². The second kappa shape index (κ2) is 10.5. The first-order chi connectivity index (χ1) is 16.4. The fourth-order valence-electron chi connectivity index (χ4n) is 10.0. The van der Waals surface area contributed by atoms with E-state index in [-0.39, 0.29) is 29.6 Å². The molecule has 11 atom stereocenters. The first kappa shape index (κ1) is 27.8. The van der Waals surface area contributed by atoms with E-state index in [0.29, 0.717) is 47.8 Å². The zero-order valence-corrected chi connectivity index (χ0v) is 23.2. The molecule has 4 rings (SSSR count). The van der Waals surface area contributed by atoms with Gasteiger partial charge in [-0.15, -0.1) is 0 Å². The number of hydrogen-bond donors (Lipinski definition) is 3. The van der Waals surface area contributed by atoms with Crippen LogP contribution in [0.1, 0.15) is 105 Å². The standard InChI is InChI=1S/C28H50O6S/c1-5-20-24-17-19(29)12-14-28(24,4)23-13-15-27(3)21(10-11-22(27)25(23)26(20)30)18(2)9-7-6-8-16-34-35(31,32)33/h18-26,29-30H,5-17H2,1-4H3,(H,31,32,33)/t18-,19-,20-,21-,22?,23?,24+,25?,26?,27-,28-/m1/s1. The highest BCUT2D eigenvalue weighted by Gasteiger charge is 2.64. The van der Waals surface area contributed by atoms with E-state index in [1.165, 1.54) is 25.7 Å². The Hall–Kier alpha value is -0.210. The zero-order valence-electron chi connectivity index (χ0n) is 22.4. The minimum absolute atomic E-state index is 0.0484. The van der Waals surface area contributed by atoms with Crippen molar-refractivity contribution < 1.29 is 27.4 Å². The van der Waals surface area contributed by atoms with Crippen LogP contribution in [0.4, 0.5) is 0 Å². The highest BCUT2D eigenvalue weighted by Crippen LogP contribution is 2.69. The normalized spacial score (nSPS) is 46.5. The molecule has 0 saturated heterocycles. The van der Waals surface area contributed by atoms with Crippen molar-refractivity contribution >= 4 is 10.4 Å². The van der Waals surface area contributed by atoms with Gasteiger partial charge in [0.1, 0.15) is 0 Å². The number of aliphatic hydroxyl groups excluding tert-OH is 2. The SMILES string of the molecule is CC[C@H]1C(O)C2C3CC[C@H]([C@H](C)CCCCCOS(=O)(=O)O)[C@@]3(C)CCC2[C@@]2(C)CC[C@@H](O)C[C@@H]12. The Balaban J connectivity index is 1.42. The van der Waals surface area contributed by atoms with E-state index >= 15 is 0 Å². The summed E-state index contributed by atoms with van der Waals surface area (Å²) in [6.07, 6.45) is 12.1. The first-order valence-electron chi connectivity index (χ1n) is 14.4. The Bertz CT molecular complexity index is 831. The lowest BCUT2D eigenvalue weighted by molar-refractivity contribution is -0.203. The van der Waals surface area contributed by atoms with Crippen molar-refractivity contribution in [3.05, 3.63) is 0 Å². The van der Waals surface area contributed by atoms with Crippen molar-refractivity contribution in [3.63, 3.8) is 0 Å². The Labute approximate surface area is 213 Å². The number of aliphatic hydroxyl groups is 2. The molecule has 7 heteroatoms. The monoisotopic (exact) mass is 514 g/mol. The lowest BCUT2D eigenvalue weighted by Crippen LogP contribution is -2.62. The summed E-state index contributed by atoms with van der Waals surface area (Å²) in [5, 5.41) is 22.3. The minimum Gasteiger partial charge on any atom is -0.393 e. The van der Waals surface area contributed by atoms with Crippen LogP contribution in [0, 0.1) is 52.3 Å². The second-order valence-corrected chi connectivity index (χ2v) is 14.3. The summed E-state index contributed by atoms with van der Waals surface area (Å²) in [7, 11) is -4.33. The third kappa shape index (κ3) is 5.23. The fraction of sp³-hybridized carbons (Fsp3) is 1.00. The van der Waals surface area contributed by atoms with Gasteiger partial charge in [-0.3, -0.25) is 4.55 Å². The van der Waals surface area contributed by atoms with E-state index in [4.69, 9.17) is 4.55 Å². The molecule has 0 radical (unpaired) electrons. The van der Waals surface area contributed by atoms with Crippen molar-refractivity contribution in [1.82, 2.24) is 0 Å². The molecule has 0 aromatic carbocycles. The second-order valence-electron chi connectivity index (χ2n) is 13.2. The third-order valence-electron chi connectivity index (χ3n) is 11.7. The van der Waals surface area contributed by atoms with Crippen LogP contribution in [0.25, 0.3) is 0 Å². The molecule has 204 valence electrons. The van der Waals surface area contributed by atoms with E-state index in [1.807, 2.05) is 0 Å². The van der Waals surface area contributed by atoms with Gasteiger partial charge in [0, 0.05) is 0 Å². The van der Waals surface area contributed by atoms with Crippen LogP contribution in [0.15, 0.2) is 0 Å². The molecule has 0 aromatic heterocycles.